The smallest absolute Gasteiger partial charge is 0.308 e. The number of aromatic hydroxyl groups is 2. The number of ketones is 2. The minimum atomic E-state index is -1.96. The van der Waals surface area contributed by atoms with Crippen LogP contribution in [0.1, 0.15) is 117 Å². The number of rotatable bonds is 19. The van der Waals surface area contributed by atoms with Crippen molar-refractivity contribution < 1.29 is 126 Å². The lowest BCUT2D eigenvalue weighted by atomic mass is 9.75. The van der Waals surface area contributed by atoms with Gasteiger partial charge in [-0.05, 0) is 78.0 Å². The first kappa shape index (κ1) is 65.7. The molecule has 5 saturated heterocycles. The van der Waals surface area contributed by atoms with Crippen LogP contribution in [0.3, 0.4) is 0 Å². The Morgan fingerprint density at radius 3 is 2.04 bits per heavy atom. The quantitative estimate of drug-likeness (QED) is 0.0931. The fraction of sp³-hybridized carbons (Fsp3) is 0.759. The summed E-state index contributed by atoms with van der Waals surface area (Å²) in [5, 5.41) is 89.5. The number of carbonyl (C=O) groups excluding carboxylic acids is 4. The maximum Gasteiger partial charge on any atom is 0.308 e. The van der Waals surface area contributed by atoms with Crippen LogP contribution in [0, 0.1) is 11.8 Å². The number of benzene rings is 2. The number of methoxy groups -OCH3 is 2. The normalized spacial score (nSPS) is 39.5. The van der Waals surface area contributed by atoms with Crippen molar-refractivity contribution >= 4 is 34.3 Å². The molecule has 8 N–H and O–H groups in total. The van der Waals surface area contributed by atoms with Crippen LogP contribution in [0.2, 0.25) is 0 Å². The van der Waals surface area contributed by atoms with Crippen LogP contribution in [-0.2, 0) is 82.4 Å². The summed E-state index contributed by atoms with van der Waals surface area (Å²) >= 11 is 0. The SMILES string of the molecule is COC(C(=O)C(O)C(C)O)C1Cc2cc3cc(OC4CC(OC(C)=O)C(OC5(C)CC(O)C(OC)C(C)O5)C(C)O4)cc(O)c3c(O)c2C(=O)C1OC1CC(OC2CC(OC3CC(C)(O)C(OC(=O)C(C)C)C(C)O3)C(O)CO2)C(O)C(C)O1. The van der Waals surface area contributed by atoms with E-state index in [2.05, 4.69) is 0 Å². The number of aliphatic hydroxyl groups excluding tert-OH is 5. The lowest BCUT2D eigenvalue weighted by Crippen LogP contribution is -2.59. The van der Waals surface area contributed by atoms with Crippen molar-refractivity contribution in [2.45, 2.75) is 248 Å². The molecule has 472 valence electrons. The topological polar surface area (TPSA) is 359 Å². The summed E-state index contributed by atoms with van der Waals surface area (Å²) in [7, 11) is 2.65. The zero-order chi connectivity index (χ0) is 61.6. The molecule has 0 spiro atoms. The van der Waals surface area contributed by atoms with E-state index in [9.17, 15) is 55.2 Å². The van der Waals surface area contributed by atoms with Gasteiger partial charge in [-0.2, -0.15) is 0 Å². The Labute approximate surface area is 486 Å². The molecule has 5 aliphatic heterocycles. The number of phenols is 2. The van der Waals surface area contributed by atoms with E-state index in [1.54, 1.807) is 41.5 Å². The Bertz CT molecular complexity index is 2630. The number of phenolic OH excluding ortho intramolecular Hbond substituents is 2. The standard InChI is InChI=1S/C58H84O26/c1-23(2)56(69)82-55-28(7)76-43(21-57(55,9)70)79-37-17-40(73-22-36(37)63)80-38-18-42(74-25(4)47(38)65)81-54-33(53(72-12)50(68)46(64)24(3)59)15-31-13-30-14-32(16-34(61)44(30)48(66)45(31)49(54)67)78-41-19-39(77-29(8)60)52(26(5)75-41)84-58(10)20-35(62)51(71-11)27(6)83-58/h13-14,16,23-28,33,35-43,46-47,51-55,59,61-66,70H,15,17-22H2,1-12H3. The largest absolute Gasteiger partial charge is 0.507 e. The maximum atomic E-state index is 15.1. The molecule has 24 unspecified atom stereocenters. The van der Waals surface area contributed by atoms with Gasteiger partial charge in [0.25, 0.3) is 0 Å². The van der Waals surface area contributed by atoms with Crippen molar-refractivity contribution in [1.29, 1.82) is 0 Å². The summed E-state index contributed by atoms with van der Waals surface area (Å²) < 4.78 is 84.4. The van der Waals surface area contributed by atoms with E-state index < -0.39 is 187 Å². The summed E-state index contributed by atoms with van der Waals surface area (Å²) in [6.45, 7) is 15.3. The summed E-state index contributed by atoms with van der Waals surface area (Å²) in [5.41, 5.74) is -1.66. The highest BCUT2D eigenvalue weighted by molar-refractivity contribution is 6.11. The van der Waals surface area contributed by atoms with Crippen LogP contribution in [0.15, 0.2) is 18.2 Å². The van der Waals surface area contributed by atoms with E-state index in [-0.39, 0.29) is 72.8 Å². The molecular formula is C58H84O26. The van der Waals surface area contributed by atoms with Crippen LogP contribution in [0.5, 0.6) is 17.2 Å². The van der Waals surface area contributed by atoms with E-state index in [0.29, 0.717) is 0 Å². The number of fused-ring (bicyclic) bond motifs is 2. The van der Waals surface area contributed by atoms with Gasteiger partial charge in [0.1, 0.15) is 71.7 Å². The molecule has 2 aromatic rings. The second-order valence-electron chi connectivity index (χ2n) is 23.9. The fourth-order valence-electron chi connectivity index (χ4n) is 12.5. The Balaban J connectivity index is 1.00. The number of hydrogen-bond donors (Lipinski definition) is 8. The van der Waals surface area contributed by atoms with Gasteiger partial charge in [-0.15, -0.1) is 0 Å². The highest BCUT2D eigenvalue weighted by Crippen LogP contribution is 2.46. The van der Waals surface area contributed by atoms with E-state index in [0.717, 1.165) is 0 Å². The third-order valence-electron chi connectivity index (χ3n) is 16.6. The lowest BCUT2D eigenvalue weighted by Gasteiger charge is -2.48. The number of aliphatic hydroxyl groups is 6. The third kappa shape index (κ3) is 14.3. The van der Waals surface area contributed by atoms with E-state index >= 15 is 4.79 Å². The third-order valence-corrected chi connectivity index (χ3v) is 16.6. The van der Waals surface area contributed by atoms with Crippen LogP contribution >= 0.6 is 0 Å². The average molecular weight is 1200 g/mol. The van der Waals surface area contributed by atoms with Crippen molar-refractivity contribution in [3.05, 3.63) is 29.3 Å². The molecule has 0 saturated carbocycles. The van der Waals surface area contributed by atoms with Gasteiger partial charge in [0.2, 0.25) is 6.29 Å². The van der Waals surface area contributed by atoms with Gasteiger partial charge in [-0.3, -0.25) is 19.2 Å². The van der Waals surface area contributed by atoms with Crippen molar-refractivity contribution in [2.75, 3.05) is 20.8 Å². The Morgan fingerprint density at radius 2 is 1.40 bits per heavy atom. The number of ether oxygens (including phenoxy) is 14. The fourth-order valence-corrected chi connectivity index (χ4v) is 12.5. The number of hydrogen-bond acceptors (Lipinski definition) is 26. The van der Waals surface area contributed by atoms with Gasteiger partial charge in [0.05, 0.1) is 72.3 Å². The molecule has 8 rings (SSSR count). The molecule has 5 fully saturated rings. The number of carbonyl (C=O) groups is 4. The molecule has 1 aliphatic carbocycles. The predicted molar refractivity (Wildman–Crippen MR) is 287 cm³/mol. The zero-order valence-corrected chi connectivity index (χ0v) is 49.4. The first-order valence-corrected chi connectivity index (χ1v) is 28.6. The summed E-state index contributed by atoms with van der Waals surface area (Å²) in [4.78, 5) is 53.9. The molecule has 6 aliphatic rings. The molecule has 2 aromatic carbocycles. The maximum absolute atomic E-state index is 15.1. The minimum absolute atomic E-state index is 0.0378. The van der Waals surface area contributed by atoms with Gasteiger partial charge in [-0.1, -0.05) is 13.8 Å². The number of Topliss-reactive ketones (excluding diaryl/α,β-unsaturated/α-hetero) is 2. The highest BCUT2D eigenvalue weighted by Gasteiger charge is 2.53. The van der Waals surface area contributed by atoms with Crippen molar-refractivity contribution in [2.24, 2.45) is 11.8 Å². The molecule has 0 amide bonds. The van der Waals surface area contributed by atoms with E-state index in [1.165, 1.54) is 60.1 Å². The molecule has 24 atom stereocenters. The molecule has 0 bridgehead atoms. The summed E-state index contributed by atoms with van der Waals surface area (Å²) in [6, 6.07) is 4.18. The predicted octanol–water partition coefficient (Wildman–Crippen LogP) is 1.88. The zero-order valence-electron chi connectivity index (χ0n) is 49.4. The molecule has 26 nitrogen and oxygen atoms in total. The van der Waals surface area contributed by atoms with Crippen LogP contribution in [0.25, 0.3) is 10.8 Å². The van der Waals surface area contributed by atoms with Crippen molar-refractivity contribution in [3.63, 3.8) is 0 Å². The van der Waals surface area contributed by atoms with Gasteiger partial charge in [0, 0.05) is 65.2 Å². The monoisotopic (exact) mass is 1200 g/mol. The minimum Gasteiger partial charge on any atom is -0.507 e. The Hall–Kier alpha value is -4.30. The molecule has 26 heteroatoms. The molecule has 0 radical (unpaired) electrons. The molecule has 5 heterocycles. The van der Waals surface area contributed by atoms with Crippen LogP contribution < -0.4 is 4.74 Å². The van der Waals surface area contributed by atoms with Gasteiger partial charge in [0.15, 0.2) is 42.3 Å². The average Bonchev–Trinajstić information content (AvgIpc) is 3.60. The first-order chi connectivity index (χ1) is 39.4. The van der Waals surface area contributed by atoms with Crippen molar-refractivity contribution in [3.8, 4) is 17.2 Å². The Kier molecular flexibility index (Phi) is 20.8. The van der Waals surface area contributed by atoms with E-state index in [1.807, 2.05) is 0 Å². The highest BCUT2D eigenvalue weighted by atomic mass is 16.8. The second kappa shape index (κ2) is 26.6. The van der Waals surface area contributed by atoms with Crippen LogP contribution in [-0.4, -0.2) is 225 Å². The Morgan fingerprint density at radius 1 is 0.750 bits per heavy atom. The molecule has 84 heavy (non-hydrogen) atoms. The van der Waals surface area contributed by atoms with Crippen LogP contribution in [0.4, 0.5) is 0 Å². The first-order valence-electron chi connectivity index (χ1n) is 28.6. The van der Waals surface area contributed by atoms with E-state index in [4.69, 9.17) is 66.3 Å². The van der Waals surface area contributed by atoms with Gasteiger partial charge in [-0.25, -0.2) is 0 Å². The second-order valence-corrected chi connectivity index (χ2v) is 23.9. The molecular weight excluding hydrogens is 1110 g/mol. The summed E-state index contributed by atoms with van der Waals surface area (Å²) in [6.07, 6.45) is -24.1. The van der Waals surface area contributed by atoms with Crippen molar-refractivity contribution in [1.82, 2.24) is 0 Å². The summed E-state index contributed by atoms with van der Waals surface area (Å²) in [5.74, 6) is -7.13. The van der Waals surface area contributed by atoms with Gasteiger partial charge < -0.3 is 107 Å². The lowest BCUT2D eigenvalue weighted by molar-refractivity contribution is -0.352. The number of esters is 2. The van der Waals surface area contributed by atoms with Gasteiger partial charge >= 0.3 is 11.9 Å². The molecule has 0 aromatic heterocycles.